The molecule has 2 aromatic carbocycles. The van der Waals surface area contributed by atoms with Crippen molar-refractivity contribution in [1.82, 2.24) is 0 Å². The lowest BCUT2D eigenvalue weighted by molar-refractivity contribution is 0.378. The number of nitrogens with two attached hydrogens (primary N) is 1. The monoisotopic (exact) mass is 284 g/mol. The Morgan fingerprint density at radius 3 is 2.48 bits per heavy atom. The summed E-state index contributed by atoms with van der Waals surface area (Å²) in [4.78, 5) is 0. The van der Waals surface area contributed by atoms with Crippen molar-refractivity contribution in [1.29, 1.82) is 5.41 Å². The van der Waals surface area contributed by atoms with Crippen LogP contribution in [0, 0.1) is 12.3 Å². The van der Waals surface area contributed by atoms with Gasteiger partial charge in [-0.15, -0.1) is 0 Å². The molecule has 3 N–H and O–H groups in total. The van der Waals surface area contributed by atoms with E-state index in [1.165, 1.54) is 5.56 Å². The molecule has 0 saturated carbocycles. The fraction of sp³-hybridized carbons (Fsp3) is 0.235. The molecule has 0 atom stereocenters. The Kier molecular flexibility index (Phi) is 4.48. The molecule has 0 aromatic heterocycles. The first-order valence-electron chi connectivity index (χ1n) is 6.85. The van der Waals surface area contributed by atoms with E-state index in [-0.39, 0.29) is 5.84 Å². The number of rotatable bonds is 5. The molecule has 0 fully saturated rings. The summed E-state index contributed by atoms with van der Waals surface area (Å²) in [6, 6.07) is 11.4. The molecule has 4 heteroatoms. The van der Waals surface area contributed by atoms with Gasteiger partial charge in [0.15, 0.2) is 11.5 Å². The van der Waals surface area contributed by atoms with Gasteiger partial charge in [0.1, 0.15) is 11.6 Å². The number of hydrogen-bond acceptors (Lipinski definition) is 3. The number of aryl methyl sites for hydroxylation is 2. The molecule has 2 aromatic rings. The fourth-order valence-corrected chi connectivity index (χ4v) is 2.15. The molecular formula is C17H20N2O2. The van der Waals surface area contributed by atoms with Crippen molar-refractivity contribution in [2.75, 3.05) is 7.11 Å². The molecule has 0 heterocycles. The summed E-state index contributed by atoms with van der Waals surface area (Å²) in [7, 11) is 1.63. The Bertz CT molecular complexity index is 666. The first-order chi connectivity index (χ1) is 10.0. The van der Waals surface area contributed by atoms with E-state index in [1.54, 1.807) is 19.2 Å². The van der Waals surface area contributed by atoms with Gasteiger partial charge in [-0.1, -0.05) is 13.0 Å². The van der Waals surface area contributed by atoms with E-state index in [2.05, 4.69) is 6.92 Å². The summed E-state index contributed by atoms with van der Waals surface area (Å²) >= 11 is 0. The summed E-state index contributed by atoms with van der Waals surface area (Å²) in [6.07, 6.45) is 0.947. The predicted molar refractivity (Wildman–Crippen MR) is 84.6 cm³/mol. The third kappa shape index (κ3) is 3.34. The Hall–Kier alpha value is -2.49. The van der Waals surface area contributed by atoms with Gasteiger partial charge in [0.05, 0.1) is 7.11 Å². The number of amidine groups is 1. The van der Waals surface area contributed by atoms with Crippen molar-refractivity contribution in [3.8, 4) is 17.2 Å². The van der Waals surface area contributed by atoms with Crippen LogP contribution in [0.1, 0.15) is 23.6 Å². The van der Waals surface area contributed by atoms with Gasteiger partial charge in [-0.05, 0) is 54.8 Å². The average molecular weight is 284 g/mol. The number of hydrogen-bond donors (Lipinski definition) is 2. The lowest BCUT2D eigenvalue weighted by Gasteiger charge is -2.13. The van der Waals surface area contributed by atoms with E-state index in [4.69, 9.17) is 20.6 Å². The number of benzene rings is 2. The molecule has 21 heavy (non-hydrogen) atoms. The van der Waals surface area contributed by atoms with Crippen molar-refractivity contribution < 1.29 is 9.47 Å². The zero-order valence-corrected chi connectivity index (χ0v) is 12.6. The minimum Gasteiger partial charge on any atom is -0.493 e. The largest absolute Gasteiger partial charge is 0.493 e. The maximum atomic E-state index is 7.49. The van der Waals surface area contributed by atoms with Crippen molar-refractivity contribution >= 4 is 5.84 Å². The topological polar surface area (TPSA) is 68.3 Å². The van der Waals surface area contributed by atoms with Crippen LogP contribution in [0.4, 0.5) is 0 Å². The lowest BCUT2D eigenvalue weighted by atomic mass is 10.1. The molecule has 0 amide bonds. The molecule has 0 saturated heterocycles. The Labute approximate surface area is 125 Å². The molecule has 0 aliphatic heterocycles. The van der Waals surface area contributed by atoms with Gasteiger partial charge in [0.25, 0.3) is 0 Å². The normalized spacial score (nSPS) is 10.2. The smallest absolute Gasteiger partial charge is 0.169 e. The molecule has 2 rings (SSSR count). The molecule has 4 nitrogen and oxygen atoms in total. The van der Waals surface area contributed by atoms with Crippen molar-refractivity contribution in [3.63, 3.8) is 0 Å². The van der Waals surface area contributed by atoms with Crippen molar-refractivity contribution in [2.45, 2.75) is 20.3 Å². The van der Waals surface area contributed by atoms with E-state index < -0.39 is 0 Å². The molecule has 110 valence electrons. The number of nitrogen functional groups attached to an aromatic ring is 1. The summed E-state index contributed by atoms with van der Waals surface area (Å²) < 4.78 is 11.3. The first-order valence-corrected chi connectivity index (χ1v) is 6.85. The summed E-state index contributed by atoms with van der Waals surface area (Å²) in [5.74, 6) is 2.14. The highest BCUT2D eigenvalue weighted by atomic mass is 16.5. The van der Waals surface area contributed by atoms with Crippen LogP contribution in [0.25, 0.3) is 0 Å². The third-order valence-electron chi connectivity index (χ3n) is 3.35. The van der Waals surface area contributed by atoms with E-state index in [0.717, 1.165) is 17.5 Å². The predicted octanol–water partition coefficient (Wildman–Crippen LogP) is 3.64. The molecule has 0 spiro atoms. The molecule has 0 aliphatic carbocycles. The van der Waals surface area contributed by atoms with E-state index in [1.807, 2.05) is 31.2 Å². The Balaban J connectivity index is 2.30. The summed E-state index contributed by atoms with van der Waals surface area (Å²) in [6.45, 7) is 4.00. The molecular weight excluding hydrogens is 264 g/mol. The second kappa shape index (κ2) is 6.31. The highest BCUT2D eigenvalue weighted by Gasteiger charge is 2.08. The number of nitrogens with one attached hydrogen (secondary N) is 1. The van der Waals surface area contributed by atoms with Gasteiger partial charge in [-0.25, -0.2) is 0 Å². The van der Waals surface area contributed by atoms with Gasteiger partial charge in [-0.3, -0.25) is 5.41 Å². The maximum Gasteiger partial charge on any atom is 0.169 e. The second-order valence-electron chi connectivity index (χ2n) is 4.83. The van der Waals surface area contributed by atoms with Crippen LogP contribution in [0.15, 0.2) is 36.4 Å². The van der Waals surface area contributed by atoms with Crippen LogP contribution in [0.2, 0.25) is 0 Å². The first kappa shape index (κ1) is 14.9. The molecule has 0 bridgehead atoms. The van der Waals surface area contributed by atoms with E-state index in [9.17, 15) is 0 Å². The zero-order valence-electron chi connectivity index (χ0n) is 12.6. The number of methoxy groups -OCH3 is 1. The van der Waals surface area contributed by atoms with Gasteiger partial charge in [0.2, 0.25) is 0 Å². The van der Waals surface area contributed by atoms with Crippen LogP contribution in [-0.2, 0) is 6.42 Å². The van der Waals surface area contributed by atoms with Gasteiger partial charge in [-0.2, -0.15) is 0 Å². The van der Waals surface area contributed by atoms with Gasteiger partial charge >= 0.3 is 0 Å². The van der Waals surface area contributed by atoms with Gasteiger partial charge < -0.3 is 15.2 Å². The molecule has 0 radical (unpaired) electrons. The third-order valence-corrected chi connectivity index (χ3v) is 3.35. The summed E-state index contributed by atoms with van der Waals surface area (Å²) in [5, 5.41) is 7.49. The Morgan fingerprint density at radius 1 is 1.14 bits per heavy atom. The van der Waals surface area contributed by atoms with Crippen LogP contribution in [0.5, 0.6) is 17.2 Å². The van der Waals surface area contributed by atoms with E-state index in [0.29, 0.717) is 17.2 Å². The zero-order chi connectivity index (χ0) is 15.4. The van der Waals surface area contributed by atoms with Crippen LogP contribution >= 0.6 is 0 Å². The van der Waals surface area contributed by atoms with Crippen molar-refractivity contribution in [2.24, 2.45) is 5.73 Å². The highest BCUT2D eigenvalue weighted by molar-refractivity contribution is 5.96. The lowest BCUT2D eigenvalue weighted by Crippen LogP contribution is -2.12. The molecule has 0 aliphatic rings. The standard InChI is InChI=1S/C17H20N2O2/c1-4-12-5-8-15(16(10-12)20-3)21-13-6-7-14(17(18)19)11(2)9-13/h5-10H,4H2,1-3H3,(H3,18,19). The van der Waals surface area contributed by atoms with Crippen LogP contribution in [0.3, 0.4) is 0 Å². The summed E-state index contributed by atoms with van der Waals surface area (Å²) in [5.41, 5.74) is 8.34. The van der Waals surface area contributed by atoms with Crippen molar-refractivity contribution in [3.05, 3.63) is 53.1 Å². The number of ether oxygens (including phenoxy) is 2. The SMILES string of the molecule is CCc1ccc(Oc2ccc(C(=N)N)c(C)c2)c(OC)c1. The average Bonchev–Trinajstić information content (AvgIpc) is 2.47. The minimum atomic E-state index is 0.0592. The quantitative estimate of drug-likeness (QED) is 0.650. The highest BCUT2D eigenvalue weighted by Crippen LogP contribution is 2.33. The fourth-order valence-electron chi connectivity index (χ4n) is 2.15. The van der Waals surface area contributed by atoms with Gasteiger partial charge in [0, 0.05) is 5.56 Å². The minimum absolute atomic E-state index is 0.0592. The second-order valence-corrected chi connectivity index (χ2v) is 4.83. The maximum absolute atomic E-state index is 7.49. The Morgan fingerprint density at radius 2 is 1.90 bits per heavy atom. The van der Waals surface area contributed by atoms with E-state index >= 15 is 0 Å². The van der Waals surface area contributed by atoms with Crippen LogP contribution < -0.4 is 15.2 Å². The van der Waals surface area contributed by atoms with Crippen LogP contribution in [-0.4, -0.2) is 12.9 Å². The molecule has 0 unspecified atom stereocenters.